The van der Waals surface area contributed by atoms with Crippen LogP contribution >= 0.6 is 0 Å². The first-order chi connectivity index (χ1) is 13.0. The second-order valence-corrected chi connectivity index (χ2v) is 8.08. The molecule has 27 heavy (non-hydrogen) atoms. The Morgan fingerprint density at radius 1 is 1.26 bits per heavy atom. The van der Waals surface area contributed by atoms with Crippen molar-refractivity contribution in [1.82, 2.24) is 19.8 Å². The molecule has 1 aromatic heterocycles. The van der Waals surface area contributed by atoms with Crippen molar-refractivity contribution in [3.05, 3.63) is 30.1 Å². The van der Waals surface area contributed by atoms with Gasteiger partial charge in [-0.1, -0.05) is 25.0 Å². The zero-order chi connectivity index (χ0) is 19.0. The van der Waals surface area contributed by atoms with Crippen molar-refractivity contribution in [1.29, 1.82) is 0 Å². The molecule has 6 heteroatoms. The topological polar surface area (TPSA) is 67.2 Å². The highest BCUT2D eigenvalue weighted by Gasteiger charge is 2.38. The van der Waals surface area contributed by atoms with Gasteiger partial charge in [-0.15, -0.1) is 0 Å². The number of amides is 2. The first-order valence-electron chi connectivity index (χ1n) is 10.1. The van der Waals surface area contributed by atoms with Crippen LogP contribution in [-0.2, 0) is 16.1 Å². The highest BCUT2D eigenvalue weighted by molar-refractivity contribution is 5.89. The average Bonchev–Trinajstić information content (AvgIpc) is 3.36. The summed E-state index contributed by atoms with van der Waals surface area (Å²) in [4.78, 5) is 31.7. The Kier molecular flexibility index (Phi) is 4.89. The van der Waals surface area contributed by atoms with E-state index in [0.29, 0.717) is 25.6 Å². The number of rotatable bonds is 5. The Labute approximate surface area is 159 Å². The minimum Gasteiger partial charge on any atom is -0.349 e. The number of nitrogens with zero attached hydrogens (tertiary/aromatic N) is 3. The molecule has 1 atom stereocenters. The third kappa shape index (κ3) is 3.45. The molecule has 1 aromatic carbocycles. The van der Waals surface area contributed by atoms with E-state index >= 15 is 0 Å². The summed E-state index contributed by atoms with van der Waals surface area (Å²) in [6.07, 6.45) is 4.88. The van der Waals surface area contributed by atoms with E-state index in [4.69, 9.17) is 4.98 Å². The molecule has 1 aliphatic heterocycles. The number of hydrogen-bond acceptors (Lipinski definition) is 3. The maximum absolute atomic E-state index is 12.7. The quantitative estimate of drug-likeness (QED) is 0.882. The fourth-order valence-corrected chi connectivity index (χ4v) is 4.58. The number of nitrogens with one attached hydrogen (secondary N) is 1. The monoisotopic (exact) mass is 368 g/mol. The van der Waals surface area contributed by atoms with Crippen LogP contribution in [0.25, 0.3) is 11.0 Å². The summed E-state index contributed by atoms with van der Waals surface area (Å²) in [6.45, 7) is 5.19. The standard InChI is InChI=1S/C21H28N4O2/c1-14(2)25-18-10-6-5-9-17(18)23-19(25)12-22-21(27)15-11-20(26)24(13-15)16-7-3-4-8-16/h5-6,9-10,14-16H,3-4,7-8,11-13H2,1-2H3,(H,22,27)/t15-/m0/s1. The first-order valence-corrected chi connectivity index (χ1v) is 10.1. The maximum atomic E-state index is 12.7. The first kappa shape index (κ1) is 18.0. The Bertz CT molecular complexity index is 851. The Balaban J connectivity index is 1.43. The van der Waals surface area contributed by atoms with Crippen molar-refractivity contribution in [2.75, 3.05) is 6.54 Å². The number of hydrogen-bond donors (Lipinski definition) is 1. The summed E-state index contributed by atoms with van der Waals surface area (Å²) in [5.41, 5.74) is 2.03. The van der Waals surface area contributed by atoms with Gasteiger partial charge in [0.25, 0.3) is 0 Å². The van der Waals surface area contributed by atoms with Crippen LogP contribution < -0.4 is 5.32 Å². The number of carbonyl (C=O) groups is 2. The van der Waals surface area contributed by atoms with Crippen molar-refractivity contribution in [3.63, 3.8) is 0 Å². The summed E-state index contributed by atoms with van der Waals surface area (Å²) in [5, 5.41) is 3.03. The van der Waals surface area contributed by atoms with Crippen LogP contribution in [0.2, 0.25) is 0 Å². The van der Waals surface area contributed by atoms with Gasteiger partial charge in [0.2, 0.25) is 11.8 Å². The fraction of sp³-hybridized carbons (Fsp3) is 0.571. The SMILES string of the molecule is CC(C)n1c(CNC(=O)[C@H]2CC(=O)N(C3CCCC3)C2)nc2ccccc21. The minimum atomic E-state index is -0.241. The summed E-state index contributed by atoms with van der Waals surface area (Å²) >= 11 is 0. The van der Waals surface area contributed by atoms with Gasteiger partial charge in [-0.25, -0.2) is 4.98 Å². The van der Waals surface area contributed by atoms with E-state index < -0.39 is 0 Å². The van der Waals surface area contributed by atoms with E-state index in [2.05, 4.69) is 29.8 Å². The number of imidazole rings is 1. The molecule has 0 radical (unpaired) electrons. The third-order valence-electron chi connectivity index (χ3n) is 5.90. The molecule has 2 amide bonds. The molecule has 1 aliphatic carbocycles. The number of para-hydroxylation sites is 2. The van der Waals surface area contributed by atoms with Crippen LogP contribution in [0.5, 0.6) is 0 Å². The third-order valence-corrected chi connectivity index (χ3v) is 5.90. The fourth-order valence-electron chi connectivity index (χ4n) is 4.58. The normalized spacial score (nSPS) is 20.9. The van der Waals surface area contributed by atoms with Crippen molar-refractivity contribution >= 4 is 22.8 Å². The number of fused-ring (bicyclic) bond motifs is 1. The largest absolute Gasteiger partial charge is 0.349 e. The minimum absolute atomic E-state index is 0.0359. The Hall–Kier alpha value is -2.37. The molecule has 2 fully saturated rings. The lowest BCUT2D eigenvalue weighted by Gasteiger charge is -2.23. The van der Waals surface area contributed by atoms with Crippen LogP contribution in [0.1, 0.15) is 57.8 Å². The van der Waals surface area contributed by atoms with Crippen LogP contribution in [0.15, 0.2) is 24.3 Å². The smallest absolute Gasteiger partial charge is 0.225 e. The predicted molar refractivity (Wildman–Crippen MR) is 104 cm³/mol. The van der Waals surface area contributed by atoms with Gasteiger partial charge in [0.1, 0.15) is 5.82 Å². The highest BCUT2D eigenvalue weighted by Crippen LogP contribution is 2.29. The molecule has 144 valence electrons. The van der Waals surface area contributed by atoms with Crippen molar-refractivity contribution in [2.24, 2.45) is 5.92 Å². The lowest BCUT2D eigenvalue weighted by molar-refractivity contribution is -0.130. The molecule has 6 nitrogen and oxygen atoms in total. The molecule has 1 saturated heterocycles. The lowest BCUT2D eigenvalue weighted by Crippen LogP contribution is -2.37. The van der Waals surface area contributed by atoms with E-state index in [1.54, 1.807) is 0 Å². The van der Waals surface area contributed by atoms with E-state index in [0.717, 1.165) is 29.7 Å². The average molecular weight is 368 g/mol. The second-order valence-electron chi connectivity index (χ2n) is 8.08. The number of aromatic nitrogens is 2. The van der Waals surface area contributed by atoms with Crippen molar-refractivity contribution in [3.8, 4) is 0 Å². The van der Waals surface area contributed by atoms with E-state index in [-0.39, 0.29) is 23.8 Å². The van der Waals surface area contributed by atoms with Crippen LogP contribution in [0.4, 0.5) is 0 Å². The van der Waals surface area contributed by atoms with Gasteiger partial charge in [-0.05, 0) is 38.8 Å². The van der Waals surface area contributed by atoms with Crippen LogP contribution in [0, 0.1) is 5.92 Å². The predicted octanol–water partition coefficient (Wildman–Crippen LogP) is 3.02. The highest BCUT2D eigenvalue weighted by atomic mass is 16.2. The van der Waals surface area contributed by atoms with Gasteiger partial charge in [0, 0.05) is 25.0 Å². The molecular weight excluding hydrogens is 340 g/mol. The van der Waals surface area contributed by atoms with E-state index in [9.17, 15) is 9.59 Å². The second kappa shape index (κ2) is 7.33. The molecule has 0 spiro atoms. The summed E-state index contributed by atoms with van der Waals surface area (Å²) in [5.74, 6) is 0.717. The molecule has 2 aromatic rings. The summed E-state index contributed by atoms with van der Waals surface area (Å²) in [6, 6.07) is 8.64. The summed E-state index contributed by atoms with van der Waals surface area (Å²) < 4.78 is 2.17. The van der Waals surface area contributed by atoms with Gasteiger partial charge < -0.3 is 14.8 Å². The molecule has 0 bridgehead atoms. The van der Waals surface area contributed by atoms with Gasteiger partial charge in [-0.2, -0.15) is 0 Å². The molecule has 1 N–H and O–H groups in total. The Morgan fingerprint density at radius 2 is 2.00 bits per heavy atom. The molecule has 2 heterocycles. The lowest BCUT2D eigenvalue weighted by atomic mass is 10.1. The maximum Gasteiger partial charge on any atom is 0.225 e. The molecule has 4 rings (SSSR count). The van der Waals surface area contributed by atoms with Gasteiger partial charge in [0.05, 0.1) is 23.5 Å². The summed E-state index contributed by atoms with van der Waals surface area (Å²) in [7, 11) is 0. The number of carbonyl (C=O) groups excluding carboxylic acids is 2. The van der Waals surface area contributed by atoms with Crippen LogP contribution in [-0.4, -0.2) is 38.9 Å². The molecular formula is C21H28N4O2. The van der Waals surface area contributed by atoms with E-state index in [1.807, 2.05) is 23.1 Å². The molecule has 2 aliphatic rings. The van der Waals surface area contributed by atoms with Gasteiger partial charge in [0.15, 0.2) is 0 Å². The Morgan fingerprint density at radius 3 is 2.74 bits per heavy atom. The van der Waals surface area contributed by atoms with Crippen molar-refractivity contribution < 1.29 is 9.59 Å². The van der Waals surface area contributed by atoms with Crippen molar-refractivity contribution in [2.45, 2.75) is 64.6 Å². The zero-order valence-electron chi connectivity index (χ0n) is 16.1. The van der Waals surface area contributed by atoms with Crippen LogP contribution in [0.3, 0.4) is 0 Å². The van der Waals surface area contributed by atoms with Gasteiger partial charge >= 0.3 is 0 Å². The zero-order valence-corrected chi connectivity index (χ0v) is 16.1. The van der Waals surface area contributed by atoms with E-state index in [1.165, 1.54) is 12.8 Å². The molecule has 1 saturated carbocycles. The number of likely N-dealkylation sites (tertiary alicyclic amines) is 1. The molecule has 0 unspecified atom stereocenters. The number of benzene rings is 1. The van der Waals surface area contributed by atoms with Gasteiger partial charge in [-0.3, -0.25) is 9.59 Å².